The van der Waals surface area contributed by atoms with E-state index in [1.807, 2.05) is 0 Å². The Labute approximate surface area is 258 Å². The van der Waals surface area contributed by atoms with Crippen molar-refractivity contribution in [2.24, 2.45) is 5.41 Å². The zero-order valence-electron chi connectivity index (χ0n) is 25.3. The van der Waals surface area contributed by atoms with Crippen LogP contribution in [0.4, 0.5) is 8.78 Å². The molecule has 1 spiro atoms. The van der Waals surface area contributed by atoms with Crippen LogP contribution >= 0.6 is 0 Å². The molecule has 15 heteroatoms. The second kappa shape index (κ2) is 10.8. The molecule has 0 amide bonds. The monoisotopic (exact) mass is 642 g/mol. The molecule has 0 aromatic carbocycles. The Kier molecular flexibility index (Phi) is 7.40. The summed E-state index contributed by atoms with van der Waals surface area (Å²) in [5.41, 5.74) is 0.952. The van der Waals surface area contributed by atoms with Gasteiger partial charge >= 0.3 is 5.97 Å². The summed E-state index contributed by atoms with van der Waals surface area (Å²) >= 11 is 0. The first-order valence-electron chi connectivity index (χ1n) is 14.2. The SMILES string of the molecule is Cc1cnc2c(c1)S(=O)(=O)N(Cc1nc([C@@H](c3ccn4c(C(F)F)nnc4c3C)C(C)(C)C(=O)O)ccc1C)CC1(COC1)O2. The van der Waals surface area contributed by atoms with Gasteiger partial charge in [0.1, 0.15) is 4.90 Å². The second-order valence-corrected chi connectivity index (χ2v) is 14.2. The van der Waals surface area contributed by atoms with Crippen LogP contribution in [0.25, 0.3) is 5.65 Å². The van der Waals surface area contributed by atoms with Crippen LogP contribution in [0.1, 0.15) is 65.7 Å². The van der Waals surface area contributed by atoms with Gasteiger partial charge < -0.3 is 14.6 Å². The van der Waals surface area contributed by atoms with Crippen molar-refractivity contribution in [2.75, 3.05) is 19.8 Å². The molecule has 1 fully saturated rings. The molecule has 0 saturated carbocycles. The van der Waals surface area contributed by atoms with Crippen LogP contribution in [0, 0.1) is 26.2 Å². The molecule has 4 aromatic rings. The summed E-state index contributed by atoms with van der Waals surface area (Å²) in [7, 11) is -4.09. The number of rotatable bonds is 7. The molecule has 12 nitrogen and oxygen atoms in total. The van der Waals surface area contributed by atoms with Crippen molar-refractivity contribution in [2.45, 2.75) is 64.0 Å². The third-order valence-corrected chi connectivity index (χ3v) is 10.4. The van der Waals surface area contributed by atoms with E-state index < -0.39 is 45.2 Å². The number of pyridine rings is 3. The Balaban J connectivity index is 1.46. The molecule has 6 heterocycles. The molecule has 4 aromatic heterocycles. The zero-order chi connectivity index (χ0) is 32.5. The average Bonchev–Trinajstić information content (AvgIpc) is 3.36. The van der Waals surface area contributed by atoms with Gasteiger partial charge in [0.15, 0.2) is 11.2 Å². The number of sulfonamides is 1. The van der Waals surface area contributed by atoms with Crippen LogP contribution in [0.15, 0.2) is 41.6 Å². The number of nitrogens with zero attached hydrogens (tertiary/aromatic N) is 6. The molecule has 238 valence electrons. The van der Waals surface area contributed by atoms with Crippen LogP contribution in [0.3, 0.4) is 0 Å². The summed E-state index contributed by atoms with van der Waals surface area (Å²) in [4.78, 5) is 21.7. The molecule has 0 bridgehead atoms. The van der Waals surface area contributed by atoms with Gasteiger partial charge in [-0.1, -0.05) is 6.07 Å². The fourth-order valence-corrected chi connectivity index (χ4v) is 7.51. The van der Waals surface area contributed by atoms with Crippen molar-refractivity contribution in [1.82, 2.24) is 28.9 Å². The third kappa shape index (κ3) is 5.12. The molecule has 0 aliphatic carbocycles. The number of alkyl halides is 2. The fourth-order valence-electron chi connectivity index (χ4n) is 5.89. The number of aliphatic carboxylic acids is 1. The molecule has 0 radical (unpaired) electrons. The van der Waals surface area contributed by atoms with Gasteiger partial charge in [-0.2, -0.15) is 4.31 Å². The van der Waals surface area contributed by atoms with Gasteiger partial charge in [0.05, 0.1) is 37.4 Å². The van der Waals surface area contributed by atoms with Gasteiger partial charge in [-0.25, -0.2) is 22.2 Å². The van der Waals surface area contributed by atoms with Crippen LogP contribution in [0.2, 0.25) is 0 Å². The topological polar surface area (TPSA) is 149 Å². The number of aryl methyl sites for hydroxylation is 3. The number of carboxylic acid groups (broad SMARTS) is 1. The number of halogens is 2. The normalized spacial score (nSPS) is 18.3. The largest absolute Gasteiger partial charge is 0.481 e. The van der Waals surface area contributed by atoms with Crippen LogP contribution < -0.4 is 4.74 Å². The van der Waals surface area contributed by atoms with E-state index in [0.717, 1.165) is 0 Å². The minimum Gasteiger partial charge on any atom is -0.481 e. The molecule has 2 aliphatic rings. The first-order chi connectivity index (χ1) is 21.1. The molecule has 0 unspecified atom stereocenters. The van der Waals surface area contributed by atoms with E-state index in [-0.39, 0.29) is 42.7 Å². The zero-order valence-corrected chi connectivity index (χ0v) is 26.1. The Morgan fingerprint density at radius 3 is 2.53 bits per heavy atom. The first-order valence-corrected chi connectivity index (χ1v) is 15.6. The van der Waals surface area contributed by atoms with Gasteiger partial charge in [-0.15, -0.1) is 10.2 Å². The van der Waals surface area contributed by atoms with E-state index in [9.17, 15) is 27.1 Å². The van der Waals surface area contributed by atoms with E-state index in [2.05, 4.69) is 15.2 Å². The van der Waals surface area contributed by atoms with Crippen molar-refractivity contribution >= 4 is 21.6 Å². The highest BCUT2D eigenvalue weighted by Gasteiger charge is 2.50. The van der Waals surface area contributed by atoms with Crippen molar-refractivity contribution < 1.29 is 36.6 Å². The summed E-state index contributed by atoms with van der Waals surface area (Å²) < 4.78 is 69.1. The predicted octanol–water partition coefficient (Wildman–Crippen LogP) is 3.98. The smallest absolute Gasteiger partial charge is 0.310 e. The van der Waals surface area contributed by atoms with E-state index in [1.165, 1.54) is 21.0 Å². The Bertz CT molecular complexity index is 1940. The summed E-state index contributed by atoms with van der Waals surface area (Å²) in [5.74, 6) is -2.48. The molecule has 1 atom stereocenters. The molecule has 2 aliphatic heterocycles. The standard InChI is InChI=1S/C30H32F2N6O6S/c1-16-10-22-27(33-11-16)44-30(14-43-15-30)13-37(45(22,41)42)12-21-17(2)6-7-20(34-21)23(29(4,5)28(39)40)19-8-9-38-25(18(19)3)35-36-26(38)24(31)32/h6-11,23-24H,12-15H2,1-5H3,(H,39,40)/t23-/m1/s1. The van der Waals surface area contributed by atoms with Crippen LogP contribution in [-0.2, 0) is 26.1 Å². The number of carbonyl (C=O) groups is 1. The second-order valence-electron chi connectivity index (χ2n) is 12.3. The van der Waals surface area contributed by atoms with Crippen molar-refractivity contribution in [3.8, 4) is 5.88 Å². The highest BCUT2D eigenvalue weighted by Crippen LogP contribution is 2.43. The lowest BCUT2D eigenvalue weighted by Gasteiger charge is -2.41. The quantitative estimate of drug-likeness (QED) is 0.314. The van der Waals surface area contributed by atoms with Crippen LogP contribution in [-0.4, -0.2) is 73.7 Å². The summed E-state index contributed by atoms with van der Waals surface area (Å²) in [6.07, 6.45) is 0.0939. The number of carboxylic acids is 1. The van der Waals surface area contributed by atoms with Gasteiger partial charge in [0.25, 0.3) is 6.43 Å². The lowest BCUT2D eigenvalue weighted by molar-refractivity contribution is -0.166. The number of ether oxygens (including phenoxy) is 2. The summed E-state index contributed by atoms with van der Waals surface area (Å²) in [6, 6.07) is 6.58. The van der Waals surface area contributed by atoms with Gasteiger partial charge in [0, 0.05) is 24.0 Å². The number of hydrogen-bond donors (Lipinski definition) is 1. The lowest BCUT2D eigenvalue weighted by atomic mass is 9.72. The minimum atomic E-state index is -4.09. The lowest BCUT2D eigenvalue weighted by Crippen LogP contribution is -2.60. The number of aromatic nitrogens is 5. The molecular weight excluding hydrogens is 610 g/mol. The maximum atomic E-state index is 14.0. The van der Waals surface area contributed by atoms with Gasteiger partial charge in [-0.3, -0.25) is 14.2 Å². The maximum absolute atomic E-state index is 14.0. The molecule has 6 rings (SSSR count). The number of hydrogen-bond acceptors (Lipinski definition) is 9. The van der Waals surface area contributed by atoms with Crippen molar-refractivity contribution in [3.63, 3.8) is 0 Å². The highest BCUT2D eigenvalue weighted by atomic mass is 32.2. The molecule has 1 N–H and O–H groups in total. The summed E-state index contributed by atoms with van der Waals surface area (Å²) in [6.45, 7) is 8.57. The Hall–Kier alpha value is -4.08. The van der Waals surface area contributed by atoms with E-state index in [1.54, 1.807) is 59.0 Å². The minimum absolute atomic E-state index is 0.00470. The molecular formula is C30H32F2N6O6S. The molecule has 1 saturated heterocycles. The number of fused-ring (bicyclic) bond motifs is 2. The highest BCUT2D eigenvalue weighted by molar-refractivity contribution is 7.89. The van der Waals surface area contributed by atoms with Crippen molar-refractivity contribution in [1.29, 1.82) is 0 Å². The fraction of sp³-hybridized carbons (Fsp3) is 0.433. The Morgan fingerprint density at radius 1 is 1.16 bits per heavy atom. The first kappa shape index (κ1) is 30.9. The average molecular weight is 643 g/mol. The van der Waals surface area contributed by atoms with E-state index in [4.69, 9.17) is 14.5 Å². The predicted molar refractivity (Wildman–Crippen MR) is 156 cm³/mol. The Morgan fingerprint density at radius 2 is 1.89 bits per heavy atom. The van der Waals surface area contributed by atoms with Gasteiger partial charge in [-0.05, 0) is 75.1 Å². The van der Waals surface area contributed by atoms with Gasteiger partial charge in [0.2, 0.25) is 21.7 Å². The van der Waals surface area contributed by atoms with E-state index in [0.29, 0.717) is 33.6 Å². The van der Waals surface area contributed by atoms with E-state index >= 15 is 0 Å². The summed E-state index contributed by atoms with van der Waals surface area (Å²) in [5, 5.41) is 17.9. The van der Waals surface area contributed by atoms with Crippen LogP contribution in [0.5, 0.6) is 5.88 Å². The molecule has 45 heavy (non-hydrogen) atoms. The maximum Gasteiger partial charge on any atom is 0.310 e. The third-order valence-electron chi connectivity index (χ3n) is 8.60. The van der Waals surface area contributed by atoms with Crippen molar-refractivity contribution in [3.05, 3.63) is 76.1 Å².